The van der Waals surface area contributed by atoms with E-state index in [9.17, 15) is 0 Å². The summed E-state index contributed by atoms with van der Waals surface area (Å²) in [6.07, 6.45) is 0. The standard InChI is InChI=1S/C14H14N4/c1-11-7-8-14-13(9-11)16-17-18(14)10-15-12-5-3-2-4-6-12/h2-9,15H,10H2,1H3. The summed E-state index contributed by atoms with van der Waals surface area (Å²) < 4.78 is 1.86. The molecule has 4 nitrogen and oxygen atoms in total. The van der Waals surface area contributed by atoms with Gasteiger partial charge in [0.1, 0.15) is 12.2 Å². The lowest BCUT2D eigenvalue weighted by atomic mass is 10.2. The van der Waals surface area contributed by atoms with Gasteiger partial charge in [-0.3, -0.25) is 0 Å². The molecule has 0 saturated heterocycles. The summed E-state index contributed by atoms with van der Waals surface area (Å²) in [4.78, 5) is 0. The molecule has 3 rings (SSSR count). The highest BCUT2D eigenvalue weighted by Crippen LogP contribution is 2.13. The molecular weight excluding hydrogens is 224 g/mol. The third-order valence-electron chi connectivity index (χ3n) is 2.88. The van der Waals surface area contributed by atoms with Gasteiger partial charge in [-0.25, -0.2) is 4.68 Å². The molecule has 4 heteroatoms. The van der Waals surface area contributed by atoms with E-state index in [1.54, 1.807) is 0 Å². The fourth-order valence-electron chi connectivity index (χ4n) is 1.92. The van der Waals surface area contributed by atoms with Crippen LogP contribution in [0.1, 0.15) is 5.56 Å². The van der Waals surface area contributed by atoms with Gasteiger partial charge in [-0.15, -0.1) is 5.10 Å². The van der Waals surface area contributed by atoms with Gasteiger partial charge in [-0.1, -0.05) is 29.5 Å². The van der Waals surface area contributed by atoms with Gasteiger partial charge in [0.2, 0.25) is 0 Å². The zero-order valence-electron chi connectivity index (χ0n) is 10.2. The number of fused-ring (bicyclic) bond motifs is 1. The van der Waals surface area contributed by atoms with Crippen LogP contribution in [0.15, 0.2) is 48.5 Å². The molecule has 0 spiro atoms. The zero-order chi connectivity index (χ0) is 12.4. The maximum atomic E-state index is 4.16. The summed E-state index contributed by atoms with van der Waals surface area (Å²) in [6, 6.07) is 16.2. The number of aromatic nitrogens is 3. The van der Waals surface area contributed by atoms with Crippen LogP contribution < -0.4 is 5.32 Å². The second kappa shape index (κ2) is 4.49. The maximum absolute atomic E-state index is 4.16. The lowest BCUT2D eigenvalue weighted by Crippen LogP contribution is -2.09. The molecule has 0 saturated carbocycles. The third-order valence-corrected chi connectivity index (χ3v) is 2.88. The molecule has 0 atom stereocenters. The van der Waals surface area contributed by atoms with Crippen molar-refractivity contribution in [1.29, 1.82) is 0 Å². The van der Waals surface area contributed by atoms with E-state index in [1.165, 1.54) is 5.56 Å². The molecule has 1 N–H and O–H groups in total. The molecule has 0 unspecified atom stereocenters. The number of para-hydroxylation sites is 1. The van der Waals surface area contributed by atoms with E-state index in [1.807, 2.05) is 41.1 Å². The molecule has 3 aromatic rings. The highest BCUT2D eigenvalue weighted by molar-refractivity contribution is 5.75. The van der Waals surface area contributed by atoms with Crippen molar-refractivity contribution in [3.05, 3.63) is 54.1 Å². The summed E-state index contributed by atoms with van der Waals surface area (Å²) in [7, 11) is 0. The molecule has 0 bridgehead atoms. The molecule has 0 aliphatic rings. The molecule has 2 aromatic carbocycles. The number of rotatable bonds is 3. The Balaban J connectivity index is 1.83. The first kappa shape index (κ1) is 10.8. The topological polar surface area (TPSA) is 42.7 Å². The minimum absolute atomic E-state index is 0.615. The molecule has 0 aliphatic heterocycles. The Bertz CT molecular complexity index is 658. The van der Waals surface area contributed by atoms with Crippen LogP contribution in [0, 0.1) is 6.92 Å². The maximum Gasteiger partial charge on any atom is 0.113 e. The Hall–Kier alpha value is -2.36. The lowest BCUT2D eigenvalue weighted by molar-refractivity contribution is 0.655. The predicted octanol–water partition coefficient (Wildman–Crippen LogP) is 2.81. The van der Waals surface area contributed by atoms with E-state index < -0.39 is 0 Å². The smallest absolute Gasteiger partial charge is 0.113 e. The zero-order valence-corrected chi connectivity index (χ0v) is 10.2. The number of benzene rings is 2. The van der Waals surface area contributed by atoms with Crippen molar-refractivity contribution in [2.45, 2.75) is 13.6 Å². The number of nitrogens with zero attached hydrogens (tertiary/aromatic N) is 3. The second-order valence-electron chi connectivity index (χ2n) is 4.28. The normalized spacial score (nSPS) is 10.7. The van der Waals surface area contributed by atoms with Crippen LogP contribution in [-0.2, 0) is 6.67 Å². The summed E-state index contributed by atoms with van der Waals surface area (Å²) in [5.74, 6) is 0. The summed E-state index contributed by atoms with van der Waals surface area (Å²) in [5, 5.41) is 11.6. The highest BCUT2D eigenvalue weighted by atomic mass is 15.4. The Kier molecular flexibility index (Phi) is 2.68. The molecule has 0 aliphatic carbocycles. The van der Waals surface area contributed by atoms with Crippen LogP contribution in [0.5, 0.6) is 0 Å². The van der Waals surface area contributed by atoms with E-state index in [4.69, 9.17) is 0 Å². The van der Waals surface area contributed by atoms with Crippen LogP contribution in [0.25, 0.3) is 11.0 Å². The SMILES string of the molecule is Cc1ccc2c(c1)nnn2CNc1ccccc1. The summed E-state index contributed by atoms with van der Waals surface area (Å²) in [6.45, 7) is 2.67. The van der Waals surface area contributed by atoms with E-state index >= 15 is 0 Å². The highest BCUT2D eigenvalue weighted by Gasteiger charge is 2.03. The molecule has 90 valence electrons. The first-order chi connectivity index (χ1) is 8.83. The summed E-state index contributed by atoms with van der Waals surface area (Å²) in [5.41, 5.74) is 4.26. The van der Waals surface area contributed by atoms with Crippen molar-refractivity contribution >= 4 is 16.7 Å². The van der Waals surface area contributed by atoms with Gasteiger partial charge < -0.3 is 5.32 Å². The number of nitrogens with one attached hydrogen (secondary N) is 1. The minimum Gasteiger partial charge on any atom is -0.366 e. The lowest BCUT2D eigenvalue weighted by Gasteiger charge is -2.06. The fraction of sp³-hybridized carbons (Fsp3) is 0.143. The fourth-order valence-corrected chi connectivity index (χ4v) is 1.92. The van der Waals surface area contributed by atoms with Gasteiger partial charge in [-0.2, -0.15) is 0 Å². The molecule has 18 heavy (non-hydrogen) atoms. The Morgan fingerprint density at radius 2 is 1.94 bits per heavy atom. The number of hydrogen-bond acceptors (Lipinski definition) is 3. The van der Waals surface area contributed by atoms with Crippen molar-refractivity contribution in [3.63, 3.8) is 0 Å². The second-order valence-corrected chi connectivity index (χ2v) is 4.28. The van der Waals surface area contributed by atoms with Crippen molar-refractivity contribution in [2.75, 3.05) is 5.32 Å². The number of anilines is 1. The first-order valence-electron chi connectivity index (χ1n) is 5.92. The van der Waals surface area contributed by atoms with Gasteiger partial charge in [0.05, 0.1) is 5.52 Å². The van der Waals surface area contributed by atoms with Crippen LogP contribution in [-0.4, -0.2) is 15.0 Å². The van der Waals surface area contributed by atoms with Crippen LogP contribution >= 0.6 is 0 Å². The molecular formula is C14H14N4. The Morgan fingerprint density at radius 3 is 2.78 bits per heavy atom. The van der Waals surface area contributed by atoms with E-state index in [0.717, 1.165) is 16.7 Å². The Labute approximate surface area is 105 Å². The van der Waals surface area contributed by atoms with Crippen molar-refractivity contribution in [1.82, 2.24) is 15.0 Å². The number of hydrogen-bond donors (Lipinski definition) is 1. The van der Waals surface area contributed by atoms with Gasteiger partial charge in [0.25, 0.3) is 0 Å². The van der Waals surface area contributed by atoms with Gasteiger partial charge in [-0.05, 0) is 36.8 Å². The average molecular weight is 238 g/mol. The molecule has 0 radical (unpaired) electrons. The number of aryl methyl sites for hydroxylation is 1. The van der Waals surface area contributed by atoms with Crippen LogP contribution in [0.3, 0.4) is 0 Å². The van der Waals surface area contributed by atoms with Gasteiger partial charge >= 0.3 is 0 Å². The van der Waals surface area contributed by atoms with Crippen LogP contribution in [0.2, 0.25) is 0 Å². The monoisotopic (exact) mass is 238 g/mol. The largest absolute Gasteiger partial charge is 0.366 e. The van der Waals surface area contributed by atoms with E-state index in [2.05, 4.69) is 34.7 Å². The average Bonchev–Trinajstić information content (AvgIpc) is 2.80. The molecule has 0 amide bonds. The van der Waals surface area contributed by atoms with Crippen molar-refractivity contribution in [2.24, 2.45) is 0 Å². The molecule has 1 aromatic heterocycles. The van der Waals surface area contributed by atoms with Gasteiger partial charge in [0, 0.05) is 5.69 Å². The minimum atomic E-state index is 0.615. The van der Waals surface area contributed by atoms with Crippen molar-refractivity contribution < 1.29 is 0 Å². The quantitative estimate of drug-likeness (QED) is 0.763. The third kappa shape index (κ3) is 2.05. The Morgan fingerprint density at radius 1 is 1.11 bits per heavy atom. The molecule has 1 heterocycles. The van der Waals surface area contributed by atoms with Crippen LogP contribution in [0.4, 0.5) is 5.69 Å². The van der Waals surface area contributed by atoms with Gasteiger partial charge in [0.15, 0.2) is 0 Å². The first-order valence-corrected chi connectivity index (χ1v) is 5.92. The van der Waals surface area contributed by atoms with E-state index in [-0.39, 0.29) is 0 Å². The predicted molar refractivity (Wildman–Crippen MR) is 72.3 cm³/mol. The summed E-state index contributed by atoms with van der Waals surface area (Å²) >= 11 is 0. The van der Waals surface area contributed by atoms with Crippen molar-refractivity contribution in [3.8, 4) is 0 Å². The van der Waals surface area contributed by atoms with E-state index in [0.29, 0.717) is 6.67 Å². The molecule has 0 fully saturated rings.